The zero-order chi connectivity index (χ0) is 10.2. The van der Waals surface area contributed by atoms with E-state index in [9.17, 15) is 4.79 Å². The maximum atomic E-state index is 11.2. The number of nitrogens with zero attached hydrogens (tertiary/aromatic N) is 1. The van der Waals surface area contributed by atoms with Crippen molar-refractivity contribution in [1.29, 1.82) is 0 Å². The molecule has 1 amide bonds. The van der Waals surface area contributed by atoms with Crippen LogP contribution in [0.4, 0.5) is 0 Å². The molecule has 0 aromatic carbocycles. The largest absolute Gasteiger partial charge is 0.379 e. The predicted octanol–water partition coefficient (Wildman–Crippen LogP) is -1.22. The Morgan fingerprint density at radius 1 is 1.50 bits per heavy atom. The molecule has 0 aromatic heterocycles. The second-order valence-corrected chi connectivity index (χ2v) is 3.38. The summed E-state index contributed by atoms with van der Waals surface area (Å²) in [6.45, 7) is 4.87. The molecule has 5 heteroatoms. The van der Waals surface area contributed by atoms with Crippen LogP contribution in [0.3, 0.4) is 0 Å². The highest BCUT2D eigenvalue weighted by molar-refractivity contribution is 5.78. The van der Waals surface area contributed by atoms with Crippen LogP contribution in [0.2, 0.25) is 0 Å². The number of rotatable bonds is 5. The number of ether oxygens (including phenoxy) is 1. The summed E-state index contributed by atoms with van der Waals surface area (Å²) in [5.41, 5.74) is 5.29. The first kappa shape index (κ1) is 11.4. The Morgan fingerprint density at radius 3 is 3.14 bits per heavy atom. The van der Waals surface area contributed by atoms with E-state index in [-0.39, 0.29) is 5.91 Å². The third kappa shape index (κ3) is 4.55. The fourth-order valence-electron chi connectivity index (χ4n) is 1.44. The van der Waals surface area contributed by atoms with Gasteiger partial charge < -0.3 is 15.8 Å². The van der Waals surface area contributed by atoms with Gasteiger partial charge in [0.05, 0.1) is 19.8 Å². The molecule has 5 nitrogen and oxygen atoms in total. The number of carbonyl (C=O) groups excluding carboxylic acids is 1. The Morgan fingerprint density at radius 2 is 2.36 bits per heavy atom. The van der Waals surface area contributed by atoms with Gasteiger partial charge in [0.1, 0.15) is 0 Å². The standard InChI is InChI=1S/C9H19N3O2/c10-2-6-14-7-5-12-4-1-3-11-9(13)8-12/h1-8,10H2,(H,11,13). The Hall–Kier alpha value is -0.650. The van der Waals surface area contributed by atoms with Crippen LogP contribution in [0.1, 0.15) is 6.42 Å². The second kappa shape index (κ2) is 6.75. The number of carbonyl (C=O) groups is 1. The van der Waals surface area contributed by atoms with E-state index in [0.717, 1.165) is 26.1 Å². The van der Waals surface area contributed by atoms with Gasteiger partial charge in [-0.25, -0.2) is 0 Å². The summed E-state index contributed by atoms with van der Waals surface area (Å²) >= 11 is 0. The van der Waals surface area contributed by atoms with E-state index in [2.05, 4.69) is 10.2 Å². The lowest BCUT2D eigenvalue weighted by atomic mass is 10.4. The fourth-order valence-corrected chi connectivity index (χ4v) is 1.44. The van der Waals surface area contributed by atoms with Gasteiger partial charge in [0.15, 0.2) is 0 Å². The zero-order valence-electron chi connectivity index (χ0n) is 8.50. The SMILES string of the molecule is NCCOCCN1CCCNC(=O)C1. The minimum atomic E-state index is 0.112. The molecule has 3 N–H and O–H groups in total. The van der Waals surface area contributed by atoms with Crippen molar-refractivity contribution in [3.05, 3.63) is 0 Å². The molecule has 1 rings (SSSR count). The monoisotopic (exact) mass is 201 g/mol. The van der Waals surface area contributed by atoms with Crippen molar-refractivity contribution in [2.45, 2.75) is 6.42 Å². The van der Waals surface area contributed by atoms with Gasteiger partial charge in [-0.1, -0.05) is 0 Å². The van der Waals surface area contributed by atoms with Gasteiger partial charge in [-0.15, -0.1) is 0 Å². The van der Waals surface area contributed by atoms with E-state index < -0.39 is 0 Å². The number of nitrogens with one attached hydrogen (secondary N) is 1. The van der Waals surface area contributed by atoms with E-state index in [1.54, 1.807) is 0 Å². The molecular weight excluding hydrogens is 182 g/mol. The Bertz CT molecular complexity index is 175. The molecule has 0 spiro atoms. The smallest absolute Gasteiger partial charge is 0.234 e. The molecule has 14 heavy (non-hydrogen) atoms. The molecule has 1 aliphatic rings. The molecule has 0 saturated carbocycles. The molecule has 0 bridgehead atoms. The first-order valence-corrected chi connectivity index (χ1v) is 5.10. The minimum Gasteiger partial charge on any atom is -0.379 e. The van der Waals surface area contributed by atoms with Gasteiger partial charge in [-0.2, -0.15) is 0 Å². The third-order valence-electron chi connectivity index (χ3n) is 2.15. The van der Waals surface area contributed by atoms with Crippen LogP contribution in [0, 0.1) is 0 Å². The highest BCUT2D eigenvalue weighted by Gasteiger charge is 2.13. The molecule has 1 heterocycles. The Balaban J connectivity index is 2.12. The van der Waals surface area contributed by atoms with Crippen LogP contribution >= 0.6 is 0 Å². The van der Waals surface area contributed by atoms with Crippen molar-refractivity contribution in [3.63, 3.8) is 0 Å². The van der Waals surface area contributed by atoms with E-state index >= 15 is 0 Å². The van der Waals surface area contributed by atoms with E-state index in [1.165, 1.54) is 0 Å². The number of nitrogens with two attached hydrogens (primary N) is 1. The van der Waals surface area contributed by atoms with E-state index in [0.29, 0.717) is 26.3 Å². The van der Waals surface area contributed by atoms with Crippen molar-refractivity contribution < 1.29 is 9.53 Å². The van der Waals surface area contributed by atoms with Gasteiger partial charge in [0, 0.05) is 26.2 Å². The van der Waals surface area contributed by atoms with Crippen LogP contribution in [-0.4, -0.2) is 56.7 Å². The maximum Gasteiger partial charge on any atom is 0.234 e. The van der Waals surface area contributed by atoms with Gasteiger partial charge in [0.2, 0.25) is 5.91 Å². The lowest BCUT2D eigenvalue weighted by molar-refractivity contribution is -0.121. The van der Waals surface area contributed by atoms with Crippen LogP contribution in [0.5, 0.6) is 0 Å². The molecule has 1 saturated heterocycles. The summed E-state index contributed by atoms with van der Waals surface area (Å²) < 4.78 is 5.26. The van der Waals surface area contributed by atoms with Crippen LogP contribution in [0.15, 0.2) is 0 Å². The molecule has 1 aliphatic heterocycles. The highest BCUT2D eigenvalue weighted by atomic mass is 16.5. The minimum absolute atomic E-state index is 0.112. The fraction of sp³-hybridized carbons (Fsp3) is 0.889. The molecule has 0 aliphatic carbocycles. The van der Waals surface area contributed by atoms with Gasteiger partial charge in [0.25, 0.3) is 0 Å². The summed E-state index contributed by atoms with van der Waals surface area (Å²) in [7, 11) is 0. The summed E-state index contributed by atoms with van der Waals surface area (Å²) in [6.07, 6.45) is 1.02. The van der Waals surface area contributed by atoms with Gasteiger partial charge in [-0.05, 0) is 6.42 Å². The van der Waals surface area contributed by atoms with Crippen molar-refractivity contribution in [2.24, 2.45) is 5.73 Å². The number of hydrogen-bond acceptors (Lipinski definition) is 4. The van der Waals surface area contributed by atoms with Crippen LogP contribution in [0.25, 0.3) is 0 Å². The van der Waals surface area contributed by atoms with Crippen molar-refractivity contribution in [2.75, 3.05) is 45.9 Å². The first-order chi connectivity index (χ1) is 6.83. The third-order valence-corrected chi connectivity index (χ3v) is 2.15. The van der Waals surface area contributed by atoms with Crippen LogP contribution < -0.4 is 11.1 Å². The lowest BCUT2D eigenvalue weighted by Crippen LogP contribution is -2.35. The zero-order valence-corrected chi connectivity index (χ0v) is 8.50. The molecule has 0 unspecified atom stereocenters. The summed E-state index contributed by atoms with van der Waals surface area (Å²) in [5.74, 6) is 0.112. The van der Waals surface area contributed by atoms with Crippen molar-refractivity contribution >= 4 is 5.91 Å². The predicted molar refractivity (Wildman–Crippen MR) is 53.9 cm³/mol. The Kier molecular flexibility index (Phi) is 5.51. The normalized spacial score (nSPS) is 19.1. The Labute approximate surface area is 84.6 Å². The topological polar surface area (TPSA) is 67.6 Å². The quantitative estimate of drug-likeness (QED) is 0.547. The van der Waals surface area contributed by atoms with Gasteiger partial charge in [-0.3, -0.25) is 9.69 Å². The highest BCUT2D eigenvalue weighted by Crippen LogP contribution is 1.95. The van der Waals surface area contributed by atoms with Crippen molar-refractivity contribution in [3.8, 4) is 0 Å². The average molecular weight is 201 g/mol. The molecule has 0 atom stereocenters. The second-order valence-electron chi connectivity index (χ2n) is 3.38. The maximum absolute atomic E-state index is 11.2. The summed E-state index contributed by atoms with van der Waals surface area (Å²) in [4.78, 5) is 13.3. The number of hydrogen-bond donors (Lipinski definition) is 2. The molecule has 0 aromatic rings. The van der Waals surface area contributed by atoms with E-state index in [1.807, 2.05) is 0 Å². The van der Waals surface area contributed by atoms with Crippen LogP contribution in [-0.2, 0) is 9.53 Å². The van der Waals surface area contributed by atoms with Crippen molar-refractivity contribution in [1.82, 2.24) is 10.2 Å². The molecule has 1 fully saturated rings. The molecule has 82 valence electrons. The summed E-state index contributed by atoms with van der Waals surface area (Å²) in [5, 5.41) is 2.83. The first-order valence-electron chi connectivity index (χ1n) is 5.10. The van der Waals surface area contributed by atoms with Gasteiger partial charge >= 0.3 is 0 Å². The summed E-state index contributed by atoms with van der Waals surface area (Å²) in [6, 6.07) is 0. The lowest BCUT2D eigenvalue weighted by Gasteiger charge is -2.17. The number of amides is 1. The molecule has 0 radical (unpaired) electrons. The molecular formula is C9H19N3O2. The van der Waals surface area contributed by atoms with E-state index in [4.69, 9.17) is 10.5 Å². The average Bonchev–Trinajstić information content (AvgIpc) is 2.38.